The quantitative estimate of drug-likeness (QED) is 0.876. The SMILES string of the molecule is CN(C(=O)NC(CC(=O)O)CC(C)(C)C)c1ccccc1. The summed E-state index contributed by atoms with van der Waals surface area (Å²) in [5.41, 5.74) is 0.707. The molecule has 1 aromatic carbocycles. The van der Waals surface area contributed by atoms with Gasteiger partial charge in [-0.2, -0.15) is 0 Å². The Morgan fingerprint density at radius 2 is 1.81 bits per heavy atom. The van der Waals surface area contributed by atoms with Crippen LogP contribution in [0.15, 0.2) is 30.3 Å². The molecule has 0 radical (unpaired) electrons. The number of carboxylic acid groups (broad SMARTS) is 1. The molecule has 1 atom stereocenters. The average Bonchev–Trinajstić information content (AvgIpc) is 2.36. The van der Waals surface area contributed by atoms with Crippen molar-refractivity contribution in [1.82, 2.24) is 5.32 Å². The lowest BCUT2D eigenvalue weighted by molar-refractivity contribution is -0.137. The molecular formula is C16H24N2O3. The summed E-state index contributed by atoms with van der Waals surface area (Å²) >= 11 is 0. The lowest BCUT2D eigenvalue weighted by Crippen LogP contribution is -2.45. The lowest BCUT2D eigenvalue weighted by atomic mass is 9.87. The highest BCUT2D eigenvalue weighted by Crippen LogP contribution is 2.22. The topological polar surface area (TPSA) is 69.6 Å². The third kappa shape index (κ3) is 6.29. The molecule has 0 saturated heterocycles. The number of carboxylic acids is 1. The number of urea groups is 1. The van der Waals surface area contributed by atoms with Crippen LogP contribution in [-0.2, 0) is 4.79 Å². The first-order valence-electron chi connectivity index (χ1n) is 7.00. The van der Waals surface area contributed by atoms with Crippen molar-refractivity contribution in [2.45, 2.75) is 39.7 Å². The van der Waals surface area contributed by atoms with Crippen LogP contribution in [0, 0.1) is 5.41 Å². The molecule has 0 saturated carbocycles. The zero-order chi connectivity index (χ0) is 16.0. The van der Waals surface area contributed by atoms with Gasteiger partial charge in [-0.3, -0.25) is 9.69 Å². The third-order valence-corrected chi connectivity index (χ3v) is 3.06. The molecule has 0 aliphatic rings. The molecular weight excluding hydrogens is 268 g/mol. The van der Waals surface area contributed by atoms with Gasteiger partial charge in [0.05, 0.1) is 6.42 Å². The number of nitrogens with one attached hydrogen (secondary N) is 1. The van der Waals surface area contributed by atoms with Crippen molar-refractivity contribution < 1.29 is 14.7 Å². The minimum atomic E-state index is -0.910. The van der Waals surface area contributed by atoms with Gasteiger partial charge in [0.2, 0.25) is 0 Å². The van der Waals surface area contributed by atoms with E-state index in [0.29, 0.717) is 6.42 Å². The van der Waals surface area contributed by atoms with E-state index in [1.165, 1.54) is 4.90 Å². The molecule has 0 spiro atoms. The predicted octanol–water partition coefficient (Wildman–Crippen LogP) is 3.11. The van der Waals surface area contributed by atoms with E-state index in [4.69, 9.17) is 5.11 Å². The van der Waals surface area contributed by atoms with Crippen LogP contribution in [0.4, 0.5) is 10.5 Å². The van der Waals surface area contributed by atoms with E-state index >= 15 is 0 Å². The van der Waals surface area contributed by atoms with E-state index < -0.39 is 5.97 Å². The highest BCUT2D eigenvalue weighted by Gasteiger charge is 2.24. The second-order valence-corrected chi connectivity index (χ2v) is 6.40. The molecule has 21 heavy (non-hydrogen) atoms. The summed E-state index contributed by atoms with van der Waals surface area (Å²) in [4.78, 5) is 24.7. The number of carbonyl (C=O) groups is 2. The number of amides is 2. The van der Waals surface area contributed by atoms with Gasteiger partial charge in [0, 0.05) is 18.8 Å². The largest absolute Gasteiger partial charge is 0.481 e. The van der Waals surface area contributed by atoms with Crippen LogP contribution >= 0.6 is 0 Å². The zero-order valence-corrected chi connectivity index (χ0v) is 13.1. The van der Waals surface area contributed by atoms with Crippen LogP contribution in [0.5, 0.6) is 0 Å². The molecule has 2 amide bonds. The van der Waals surface area contributed by atoms with Gasteiger partial charge in [-0.05, 0) is 24.0 Å². The number of para-hydroxylation sites is 1. The van der Waals surface area contributed by atoms with Gasteiger partial charge in [0.15, 0.2) is 0 Å². The Morgan fingerprint density at radius 1 is 1.24 bits per heavy atom. The molecule has 0 aromatic heterocycles. The van der Waals surface area contributed by atoms with E-state index in [9.17, 15) is 9.59 Å². The number of hydrogen-bond donors (Lipinski definition) is 2. The molecule has 0 fully saturated rings. The van der Waals surface area contributed by atoms with Crippen LogP contribution in [0.2, 0.25) is 0 Å². The van der Waals surface area contributed by atoms with Crippen molar-refractivity contribution in [3.8, 4) is 0 Å². The van der Waals surface area contributed by atoms with Gasteiger partial charge in [-0.15, -0.1) is 0 Å². The van der Waals surface area contributed by atoms with Gasteiger partial charge < -0.3 is 10.4 Å². The first kappa shape index (κ1) is 17.0. The number of hydrogen-bond acceptors (Lipinski definition) is 2. The molecule has 0 bridgehead atoms. The van der Waals surface area contributed by atoms with E-state index in [2.05, 4.69) is 5.32 Å². The van der Waals surface area contributed by atoms with Gasteiger partial charge in [-0.25, -0.2) is 4.79 Å². The Hall–Kier alpha value is -2.04. The van der Waals surface area contributed by atoms with Gasteiger partial charge in [-0.1, -0.05) is 39.0 Å². The molecule has 5 heteroatoms. The standard InChI is InChI=1S/C16H24N2O3/c1-16(2,3)11-12(10-14(19)20)17-15(21)18(4)13-8-6-5-7-9-13/h5-9,12H,10-11H2,1-4H3,(H,17,21)(H,19,20). The number of anilines is 1. The normalized spacial score (nSPS) is 12.6. The van der Waals surface area contributed by atoms with Crippen molar-refractivity contribution in [2.24, 2.45) is 5.41 Å². The highest BCUT2D eigenvalue weighted by molar-refractivity contribution is 5.91. The fourth-order valence-electron chi connectivity index (χ4n) is 2.16. The van der Waals surface area contributed by atoms with Crippen LogP contribution < -0.4 is 10.2 Å². The molecule has 2 N–H and O–H groups in total. The number of carbonyl (C=O) groups excluding carboxylic acids is 1. The Morgan fingerprint density at radius 3 is 2.29 bits per heavy atom. The maximum Gasteiger partial charge on any atom is 0.321 e. The zero-order valence-electron chi connectivity index (χ0n) is 13.1. The predicted molar refractivity (Wildman–Crippen MR) is 83.5 cm³/mol. The fourth-order valence-corrected chi connectivity index (χ4v) is 2.16. The summed E-state index contributed by atoms with van der Waals surface area (Å²) in [6.07, 6.45) is 0.527. The summed E-state index contributed by atoms with van der Waals surface area (Å²) in [5, 5.41) is 11.8. The second kappa shape index (κ2) is 7.11. The van der Waals surface area contributed by atoms with Crippen LogP contribution in [0.25, 0.3) is 0 Å². The van der Waals surface area contributed by atoms with E-state index in [1.807, 2.05) is 51.1 Å². The van der Waals surface area contributed by atoms with Crippen molar-refractivity contribution in [3.63, 3.8) is 0 Å². The van der Waals surface area contributed by atoms with Crippen molar-refractivity contribution in [1.29, 1.82) is 0 Å². The Balaban J connectivity index is 2.73. The smallest absolute Gasteiger partial charge is 0.321 e. The average molecular weight is 292 g/mol. The van der Waals surface area contributed by atoms with Gasteiger partial charge in [0.1, 0.15) is 0 Å². The van der Waals surface area contributed by atoms with Crippen LogP contribution in [0.1, 0.15) is 33.6 Å². The lowest BCUT2D eigenvalue weighted by Gasteiger charge is -2.28. The summed E-state index contributed by atoms with van der Waals surface area (Å²) in [6, 6.07) is 8.55. The Labute approximate surface area is 126 Å². The first-order chi connectivity index (χ1) is 9.69. The van der Waals surface area contributed by atoms with Crippen LogP contribution in [0.3, 0.4) is 0 Å². The number of rotatable bonds is 5. The molecule has 1 unspecified atom stereocenters. The summed E-state index contributed by atoms with van der Waals surface area (Å²) in [7, 11) is 1.67. The van der Waals surface area contributed by atoms with E-state index in [0.717, 1.165) is 5.69 Å². The van der Waals surface area contributed by atoms with Crippen molar-refractivity contribution in [2.75, 3.05) is 11.9 Å². The van der Waals surface area contributed by atoms with Gasteiger partial charge >= 0.3 is 12.0 Å². The molecule has 5 nitrogen and oxygen atoms in total. The molecule has 0 aliphatic carbocycles. The van der Waals surface area contributed by atoms with Crippen molar-refractivity contribution >= 4 is 17.7 Å². The third-order valence-electron chi connectivity index (χ3n) is 3.06. The summed E-state index contributed by atoms with van der Waals surface area (Å²) in [5.74, 6) is -0.910. The monoisotopic (exact) mass is 292 g/mol. The maximum atomic E-state index is 12.2. The number of benzene rings is 1. The summed E-state index contributed by atoms with van der Waals surface area (Å²) < 4.78 is 0. The highest BCUT2D eigenvalue weighted by atomic mass is 16.4. The minimum absolute atomic E-state index is 0.0568. The Kier molecular flexibility index (Phi) is 5.76. The van der Waals surface area contributed by atoms with E-state index in [-0.39, 0.29) is 23.9 Å². The summed E-state index contributed by atoms with van der Waals surface area (Å²) in [6.45, 7) is 6.07. The number of nitrogens with zero attached hydrogens (tertiary/aromatic N) is 1. The Bertz CT molecular complexity index is 480. The van der Waals surface area contributed by atoms with Crippen LogP contribution in [-0.4, -0.2) is 30.2 Å². The first-order valence-corrected chi connectivity index (χ1v) is 7.00. The molecule has 1 rings (SSSR count). The fraction of sp³-hybridized carbons (Fsp3) is 0.500. The molecule has 0 heterocycles. The molecule has 0 aliphatic heterocycles. The van der Waals surface area contributed by atoms with Gasteiger partial charge in [0.25, 0.3) is 0 Å². The molecule has 1 aromatic rings. The maximum absolute atomic E-state index is 12.2. The second-order valence-electron chi connectivity index (χ2n) is 6.40. The van der Waals surface area contributed by atoms with E-state index in [1.54, 1.807) is 7.05 Å². The van der Waals surface area contributed by atoms with Crippen molar-refractivity contribution in [3.05, 3.63) is 30.3 Å². The minimum Gasteiger partial charge on any atom is -0.481 e. The molecule has 116 valence electrons. The number of aliphatic carboxylic acids is 1.